The number of fused-ring (bicyclic) bond motifs is 1. The van der Waals surface area contributed by atoms with E-state index >= 15 is 0 Å². The highest BCUT2D eigenvalue weighted by Crippen LogP contribution is 2.26. The fraction of sp³-hybridized carbons (Fsp3) is 0.409. The van der Waals surface area contributed by atoms with Gasteiger partial charge in [0.2, 0.25) is 0 Å². The number of piperazine rings is 1. The summed E-state index contributed by atoms with van der Waals surface area (Å²) in [7, 11) is 0. The summed E-state index contributed by atoms with van der Waals surface area (Å²) in [6, 6.07) is 14.4. The maximum absolute atomic E-state index is 12.8. The van der Waals surface area contributed by atoms with E-state index in [0.717, 1.165) is 11.1 Å². The van der Waals surface area contributed by atoms with Crippen LogP contribution >= 0.6 is 0 Å². The van der Waals surface area contributed by atoms with Crippen LogP contribution in [0.4, 0.5) is 18.0 Å². The van der Waals surface area contributed by atoms with Gasteiger partial charge in [0.05, 0.1) is 6.04 Å². The van der Waals surface area contributed by atoms with E-state index in [2.05, 4.69) is 9.64 Å². The number of hydrogen-bond donors (Lipinski definition) is 0. The molecule has 1 atom stereocenters. The molecule has 8 heteroatoms. The number of halogens is 3. The van der Waals surface area contributed by atoms with Crippen LogP contribution in [0, 0.1) is 6.92 Å². The van der Waals surface area contributed by atoms with E-state index in [-0.39, 0.29) is 17.8 Å². The highest BCUT2D eigenvalue weighted by atomic mass is 19.4. The Balaban J connectivity index is 1.36. The number of alkyl halides is 3. The standard InChI is InChI=1S/C22H24F3N3O2/c1-16-5-7-17(8-6-16)13-27-15-19-14-26(9-10-28(19)21(27)29)12-18-3-2-4-20(11-18)30-22(23,24)25/h2-8,11,19H,9-10,12-15H2,1H3/t19-/m1/s1. The molecular formula is C22H24F3N3O2. The summed E-state index contributed by atoms with van der Waals surface area (Å²) in [6.45, 7) is 5.79. The number of nitrogens with zero attached hydrogens (tertiary/aromatic N) is 3. The molecule has 5 nitrogen and oxygen atoms in total. The van der Waals surface area contributed by atoms with Crippen LogP contribution in [-0.2, 0) is 13.1 Å². The molecule has 0 aromatic heterocycles. The van der Waals surface area contributed by atoms with Gasteiger partial charge >= 0.3 is 12.4 Å². The first-order valence-corrected chi connectivity index (χ1v) is 9.95. The van der Waals surface area contributed by atoms with Gasteiger partial charge in [0.1, 0.15) is 5.75 Å². The van der Waals surface area contributed by atoms with E-state index in [1.54, 1.807) is 12.1 Å². The number of ether oxygens (including phenoxy) is 1. The SMILES string of the molecule is Cc1ccc(CN2C[C@H]3CN(Cc4cccc(OC(F)(F)F)c4)CCN3C2=O)cc1. The molecule has 0 spiro atoms. The van der Waals surface area contributed by atoms with Gasteiger partial charge < -0.3 is 14.5 Å². The van der Waals surface area contributed by atoms with Crippen molar-refractivity contribution in [1.29, 1.82) is 0 Å². The van der Waals surface area contributed by atoms with Gasteiger partial charge in [0, 0.05) is 39.3 Å². The van der Waals surface area contributed by atoms with E-state index in [1.807, 2.05) is 41.0 Å². The molecular weight excluding hydrogens is 395 g/mol. The van der Waals surface area contributed by atoms with Crippen molar-refractivity contribution in [1.82, 2.24) is 14.7 Å². The van der Waals surface area contributed by atoms with Crippen molar-refractivity contribution in [3.05, 3.63) is 65.2 Å². The lowest BCUT2D eigenvalue weighted by Gasteiger charge is -2.36. The molecule has 0 aliphatic carbocycles. The summed E-state index contributed by atoms with van der Waals surface area (Å²) in [5.74, 6) is -0.209. The van der Waals surface area contributed by atoms with Crippen molar-refractivity contribution in [2.24, 2.45) is 0 Å². The van der Waals surface area contributed by atoms with Crippen molar-refractivity contribution in [3.63, 3.8) is 0 Å². The fourth-order valence-corrected chi connectivity index (χ4v) is 4.13. The molecule has 0 unspecified atom stereocenters. The molecule has 2 aromatic carbocycles. The number of carbonyl (C=O) groups excluding carboxylic acids is 1. The highest BCUT2D eigenvalue weighted by Gasteiger charge is 2.40. The van der Waals surface area contributed by atoms with Crippen LogP contribution in [0.2, 0.25) is 0 Å². The lowest BCUT2D eigenvalue weighted by molar-refractivity contribution is -0.274. The minimum atomic E-state index is -4.70. The molecule has 0 N–H and O–H groups in total. The summed E-state index contributed by atoms with van der Waals surface area (Å²) in [5.41, 5.74) is 3.04. The van der Waals surface area contributed by atoms with E-state index in [0.29, 0.717) is 39.3 Å². The molecule has 30 heavy (non-hydrogen) atoms. The first-order valence-electron chi connectivity index (χ1n) is 9.95. The van der Waals surface area contributed by atoms with Gasteiger partial charge in [-0.1, -0.05) is 42.0 Å². The number of benzene rings is 2. The van der Waals surface area contributed by atoms with Crippen LogP contribution in [0.15, 0.2) is 48.5 Å². The Morgan fingerprint density at radius 1 is 1.00 bits per heavy atom. The second kappa shape index (κ2) is 8.18. The lowest BCUT2D eigenvalue weighted by atomic mass is 10.1. The molecule has 2 aliphatic heterocycles. The number of amides is 2. The van der Waals surface area contributed by atoms with Crippen molar-refractivity contribution < 1.29 is 22.7 Å². The van der Waals surface area contributed by atoms with Gasteiger partial charge in [-0.15, -0.1) is 13.2 Å². The summed E-state index contributed by atoms with van der Waals surface area (Å²) in [6.07, 6.45) is -4.70. The van der Waals surface area contributed by atoms with E-state index in [9.17, 15) is 18.0 Å². The van der Waals surface area contributed by atoms with Gasteiger partial charge in [0.15, 0.2) is 0 Å². The largest absolute Gasteiger partial charge is 0.573 e. The maximum atomic E-state index is 12.8. The van der Waals surface area contributed by atoms with Gasteiger partial charge in [-0.05, 0) is 30.2 Å². The third kappa shape index (κ3) is 4.87. The summed E-state index contributed by atoms with van der Waals surface area (Å²) < 4.78 is 41.4. The predicted molar refractivity (Wildman–Crippen MR) is 106 cm³/mol. The third-order valence-electron chi connectivity index (χ3n) is 5.55. The van der Waals surface area contributed by atoms with Gasteiger partial charge in [-0.3, -0.25) is 4.90 Å². The quantitative estimate of drug-likeness (QED) is 0.735. The minimum absolute atomic E-state index is 0.0563. The molecule has 0 bridgehead atoms. The van der Waals surface area contributed by atoms with Crippen LogP contribution < -0.4 is 4.74 Å². The normalized spacial score (nSPS) is 19.9. The third-order valence-corrected chi connectivity index (χ3v) is 5.55. The Hall–Kier alpha value is -2.74. The summed E-state index contributed by atoms with van der Waals surface area (Å²) in [5, 5.41) is 0. The molecule has 0 radical (unpaired) electrons. The summed E-state index contributed by atoms with van der Waals surface area (Å²) >= 11 is 0. The lowest BCUT2D eigenvalue weighted by Crippen LogP contribution is -2.51. The van der Waals surface area contributed by atoms with E-state index in [4.69, 9.17) is 0 Å². The fourth-order valence-electron chi connectivity index (χ4n) is 4.13. The van der Waals surface area contributed by atoms with Crippen molar-refractivity contribution in [3.8, 4) is 5.75 Å². The zero-order valence-electron chi connectivity index (χ0n) is 16.7. The zero-order chi connectivity index (χ0) is 21.3. The maximum Gasteiger partial charge on any atom is 0.573 e. The molecule has 2 aromatic rings. The first kappa shape index (κ1) is 20.5. The summed E-state index contributed by atoms with van der Waals surface area (Å²) in [4.78, 5) is 18.7. The second-order valence-corrected chi connectivity index (χ2v) is 7.93. The van der Waals surface area contributed by atoms with Crippen molar-refractivity contribution in [2.45, 2.75) is 32.4 Å². The van der Waals surface area contributed by atoms with Gasteiger partial charge in [0.25, 0.3) is 0 Å². The first-order chi connectivity index (χ1) is 14.3. The molecule has 160 valence electrons. The number of rotatable bonds is 5. The Morgan fingerprint density at radius 2 is 1.77 bits per heavy atom. The van der Waals surface area contributed by atoms with Crippen LogP contribution in [-0.4, -0.2) is 59.3 Å². The molecule has 2 amide bonds. The highest BCUT2D eigenvalue weighted by molar-refractivity contribution is 5.77. The second-order valence-electron chi connectivity index (χ2n) is 7.93. The van der Waals surface area contributed by atoms with Crippen molar-refractivity contribution >= 4 is 6.03 Å². The molecule has 2 fully saturated rings. The van der Waals surface area contributed by atoms with E-state index < -0.39 is 6.36 Å². The molecule has 0 saturated carbocycles. The zero-order valence-corrected chi connectivity index (χ0v) is 16.7. The number of urea groups is 1. The molecule has 2 saturated heterocycles. The van der Waals surface area contributed by atoms with Crippen LogP contribution in [0.3, 0.4) is 0 Å². The number of aryl methyl sites for hydroxylation is 1. The Labute approximate surface area is 173 Å². The van der Waals surface area contributed by atoms with E-state index in [1.165, 1.54) is 17.7 Å². The minimum Gasteiger partial charge on any atom is -0.406 e. The number of carbonyl (C=O) groups is 1. The van der Waals surface area contributed by atoms with Crippen molar-refractivity contribution in [2.75, 3.05) is 26.2 Å². The molecule has 4 rings (SSSR count). The van der Waals surface area contributed by atoms with Gasteiger partial charge in [-0.2, -0.15) is 0 Å². The number of hydrogen-bond acceptors (Lipinski definition) is 3. The molecule has 2 heterocycles. The Bertz CT molecular complexity index is 901. The average molecular weight is 419 g/mol. The Kier molecular flexibility index (Phi) is 5.60. The smallest absolute Gasteiger partial charge is 0.406 e. The Morgan fingerprint density at radius 3 is 2.50 bits per heavy atom. The monoisotopic (exact) mass is 419 g/mol. The molecule has 2 aliphatic rings. The van der Waals surface area contributed by atoms with Crippen LogP contribution in [0.5, 0.6) is 5.75 Å². The topological polar surface area (TPSA) is 36.0 Å². The predicted octanol–water partition coefficient (Wildman–Crippen LogP) is 4.02. The average Bonchev–Trinajstić information content (AvgIpc) is 2.97. The van der Waals surface area contributed by atoms with Gasteiger partial charge in [-0.25, -0.2) is 4.79 Å². The van der Waals surface area contributed by atoms with Crippen LogP contribution in [0.1, 0.15) is 16.7 Å². The van der Waals surface area contributed by atoms with Crippen LogP contribution in [0.25, 0.3) is 0 Å².